The number of benzene rings is 2. The van der Waals surface area contributed by atoms with Gasteiger partial charge in [-0.3, -0.25) is 9.59 Å². The number of carbonyl (C=O) groups excluding carboxylic acids is 2. The van der Waals surface area contributed by atoms with Crippen molar-refractivity contribution in [3.8, 4) is 5.75 Å². The first kappa shape index (κ1) is 25.3. The number of hydrogen-bond acceptors (Lipinski definition) is 6. The lowest BCUT2D eigenvalue weighted by molar-refractivity contribution is -0.121. The van der Waals surface area contributed by atoms with Crippen LogP contribution in [0.1, 0.15) is 41.0 Å². The number of hydrogen-bond donors (Lipinski definition) is 2. The van der Waals surface area contributed by atoms with Crippen molar-refractivity contribution >= 4 is 29.3 Å². The Balaban J connectivity index is 1.55. The summed E-state index contributed by atoms with van der Waals surface area (Å²) in [5.41, 5.74) is 4.99. The summed E-state index contributed by atoms with van der Waals surface area (Å²) in [6.45, 7) is 7.87. The Bertz CT molecular complexity index is 1150. The van der Waals surface area contributed by atoms with Gasteiger partial charge in [0.2, 0.25) is 11.8 Å². The zero-order chi connectivity index (χ0) is 24.8. The maximum absolute atomic E-state index is 12.5. The van der Waals surface area contributed by atoms with E-state index in [1.807, 2.05) is 59.0 Å². The SMILES string of the molecule is COc1ccc(CC(=O)NC(C)c2nnc(SCC(=O)Nc3c(C)cc(C)cc3C)n2C)cc1. The fourth-order valence-corrected chi connectivity index (χ4v) is 4.52. The molecule has 0 aliphatic heterocycles. The topological polar surface area (TPSA) is 98.1 Å². The fourth-order valence-electron chi connectivity index (χ4n) is 3.80. The van der Waals surface area contributed by atoms with Gasteiger partial charge in [-0.1, -0.05) is 41.6 Å². The second-order valence-corrected chi connectivity index (χ2v) is 9.27. The zero-order valence-corrected chi connectivity index (χ0v) is 21.2. The van der Waals surface area contributed by atoms with Crippen molar-refractivity contribution in [1.82, 2.24) is 20.1 Å². The molecular formula is C25H31N5O3S. The van der Waals surface area contributed by atoms with Crippen LogP contribution in [0.2, 0.25) is 0 Å². The first-order chi connectivity index (χ1) is 16.2. The molecule has 9 heteroatoms. The van der Waals surface area contributed by atoms with Crippen molar-refractivity contribution in [3.63, 3.8) is 0 Å². The van der Waals surface area contributed by atoms with E-state index in [1.165, 1.54) is 17.3 Å². The number of rotatable bonds is 9. The highest BCUT2D eigenvalue weighted by Crippen LogP contribution is 2.24. The van der Waals surface area contributed by atoms with Crippen molar-refractivity contribution < 1.29 is 14.3 Å². The Morgan fingerprint density at radius 3 is 2.32 bits per heavy atom. The normalized spacial score (nSPS) is 11.7. The highest BCUT2D eigenvalue weighted by molar-refractivity contribution is 7.99. The number of carbonyl (C=O) groups is 2. The van der Waals surface area contributed by atoms with Crippen molar-refractivity contribution in [1.29, 1.82) is 0 Å². The van der Waals surface area contributed by atoms with E-state index < -0.39 is 0 Å². The fraction of sp³-hybridized carbons (Fsp3) is 0.360. The third-order valence-corrected chi connectivity index (χ3v) is 6.45. The maximum Gasteiger partial charge on any atom is 0.234 e. The van der Waals surface area contributed by atoms with Gasteiger partial charge in [0.25, 0.3) is 0 Å². The van der Waals surface area contributed by atoms with Crippen LogP contribution in [0.3, 0.4) is 0 Å². The molecule has 2 amide bonds. The van der Waals surface area contributed by atoms with Gasteiger partial charge in [-0.15, -0.1) is 10.2 Å². The summed E-state index contributed by atoms with van der Waals surface area (Å²) in [6, 6.07) is 11.2. The molecule has 1 atom stereocenters. The summed E-state index contributed by atoms with van der Waals surface area (Å²) in [5.74, 6) is 1.36. The molecule has 0 saturated heterocycles. The largest absolute Gasteiger partial charge is 0.497 e. The van der Waals surface area contributed by atoms with E-state index in [-0.39, 0.29) is 30.0 Å². The average molecular weight is 482 g/mol. The van der Waals surface area contributed by atoms with Gasteiger partial charge in [0, 0.05) is 12.7 Å². The number of aromatic nitrogens is 3. The molecule has 0 radical (unpaired) electrons. The van der Waals surface area contributed by atoms with Crippen molar-refractivity contribution in [2.24, 2.45) is 7.05 Å². The summed E-state index contributed by atoms with van der Waals surface area (Å²) in [5, 5.41) is 15.0. The minimum absolute atomic E-state index is 0.106. The summed E-state index contributed by atoms with van der Waals surface area (Å²) < 4.78 is 6.95. The second-order valence-electron chi connectivity index (χ2n) is 8.32. The first-order valence-corrected chi connectivity index (χ1v) is 12.0. The van der Waals surface area contributed by atoms with Gasteiger partial charge in [-0.25, -0.2) is 0 Å². The molecule has 180 valence electrons. The first-order valence-electron chi connectivity index (χ1n) is 11.0. The van der Waals surface area contributed by atoms with Gasteiger partial charge in [-0.2, -0.15) is 0 Å². The second kappa shape index (κ2) is 11.2. The minimum atomic E-state index is -0.329. The van der Waals surface area contributed by atoms with Crippen LogP contribution in [-0.2, 0) is 23.1 Å². The molecule has 34 heavy (non-hydrogen) atoms. The predicted octanol–water partition coefficient (Wildman–Crippen LogP) is 3.90. The quantitative estimate of drug-likeness (QED) is 0.450. The summed E-state index contributed by atoms with van der Waals surface area (Å²) in [7, 11) is 3.44. The van der Waals surface area contributed by atoms with Gasteiger partial charge in [-0.05, 0) is 56.5 Å². The van der Waals surface area contributed by atoms with Gasteiger partial charge in [0.15, 0.2) is 11.0 Å². The van der Waals surface area contributed by atoms with Crippen LogP contribution in [0.5, 0.6) is 5.75 Å². The maximum atomic E-state index is 12.5. The van der Waals surface area contributed by atoms with Crippen molar-refractivity contribution in [3.05, 3.63) is 64.5 Å². The molecule has 0 aliphatic carbocycles. The van der Waals surface area contributed by atoms with E-state index >= 15 is 0 Å². The monoisotopic (exact) mass is 481 g/mol. The molecule has 0 saturated carbocycles. The smallest absolute Gasteiger partial charge is 0.234 e. The van der Waals surface area contributed by atoms with Crippen LogP contribution in [0, 0.1) is 20.8 Å². The number of ether oxygens (including phenoxy) is 1. The molecule has 2 aromatic carbocycles. The molecule has 2 N–H and O–H groups in total. The third-order valence-electron chi connectivity index (χ3n) is 5.43. The van der Waals surface area contributed by atoms with E-state index in [9.17, 15) is 9.59 Å². The molecule has 8 nitrogen and oxygen atoms in total. The van der Waals surface area contributed by atoms with Crippen LogP contribution in [-0.4, -0.2) is 39.4 Å². The van der Waals surface area contributed by atoms with Crippen LogP contribution in [0.4, 0.5) is 5.69 Å². The Morgan fingerprint density at radius 2 is 1.71 bits per heavy atom. The van der Waals surface area contributed by atoms with Crippen LogP contribution in [0.25, 0.3) is 0 Å². The molecule has 1 aromatic heterocycles. The van der Waals surface area contributed by atoms with E-state index in [0.29, 0.717) is 11.0 Å². The van der Waals surface area contributed by atoms with Crippen LogP contribution in [0.15, 0.2) is 41.6 Å². The lowest BCUT2D eigenvalue weighted by Crippen LogP contribution is -2.29. The molecule has 0 fully saturated rings. The number of anilines is 1. The molecule has 3 aromatic rings. The predicted molar refractivity (Wildman–Crippen MR) is 134 cm³/mol. The number of nitrogens with one attached hydrogen (secondary N) is 2. The lowest BCUT2D eigenvalue weighted by atomic mass is 10.1. The number of thioether (sulfide) groups is 1. The van der Waals surface area contributed by atoms with E-state index in [4.69, 9.17) is 4.74 Å². The van der Waals surface area contributed by atoms with E-state index in [1.54, 1.807) is 11.7 Å². The Hall–Kier alpha value is -3.33. The molecular weight excluding hydrogens is 450 g/mol. The molecule has 1 heterocycles. The molecule has 1 unspecified atom stereocenters. The zero-order valence-electron chi connectivity index (χ0n) is 20.4. The average Bonchev–Trinajstić information content (AvgIpc) is 3.15. The summed E-state index contributed by atoms with van der Waals surface area (Å²) >= 11 is 1.31. The van der Waals surface area contributed by atoms with Gasteiger partial charge < -0.3 is 19.9 Å². The van der Waals surface area contributed by atoms with E-state index in [0.717, 1.165) is 28.1 Å². The van der Waals surface area contributed by atoms with Gasteiger partial charge >= 0.3 is 0 Å². The Kier molecular flexibility index (Phi) is 8.33. The molecule has 3 rings (SSSR count). The van der Waals surface area contributed by atoms with Gasteiger partial charge in [0.05, 0.1) is 25.3 Å². The van der Waals surface area contributed by atoms with Crippen LogP contribution < -0.4 is 15.4 Å². The Morgan fingerprint density at radius 1 is 1.06 bits per heavy atom. The number of aryl methyl sites for hydroxylation is 3. The minimum Gasteiger partial charge on any atom is -0.497 e. The molecule has 0 bridgehead atoms. The number of methoxy groups -OCH3 is 1. The summed E-state index contributed by atoms with van der Waals surface area (Å²) in [6.07, 6.45) is 0.256. The highest BCUT2D eigenvalue weighted by atomic mass is 32.2. The standard InChI is InChI=1S/C25H31N5O3S/c1-15-11-16(2)23(17(3)12-15)27-22(32)14-34-25-29-28-24(30(25)5)18(4)26-21(31)13-19-7-9-20(33-6)10-8-19/h7-12,18H,13-14H2,1-6H3,(H,26,31)(H,27,32). The highest BCUT2D eigenvalue weighted by Gasteiger charge is 2.19. The summed E-state index contributed by atoms with van der Waals surface area (Å²) in [4.78, 5) is 25.0. The van der Waals surface area contributed by atoms with E-state index in [2.05, 4.69) is 33.0 Å². The number of nitrogens with zero attached hydrogens (tertiary/aromatic N) is 3. The number of amides is 2. The molecule has 0 aliphatic rings. The van der Waals surface area contributed by atoms with Gasteiger partial charge in [0.1, 0.15) is 5.75 Å². The molecule has 0 spiro atoms. The third kappa shape index (κ3) is 6.38. The van der Waals surface area contributed by atoms with Crippen molar-refractivity contribution in [2.45, 2.75) is 45.3 Å². The van der Waals surface area contributed by atoms with Crippen LogP contribution >= 0.6 is 11.8 Å². The van der Waals surface area contributed by atoms with Crippen molar-refractivity contribution in [2.75, 3.05) is 18.2 Å². The lowest BCUT2D eigenvalue weighted by Gasteiger charge is -2.14. The Labute approximate surface area is 204 Å².